The van der Waals surface area contributed by atoms with E-state index in [-0.39, 0.29) is 55.1 Å². The molecule has 5 rings (SSSR count). The minimum atomic E-state index is -3.93. The molecule has 2 saturated heterocycles. The third-order valence-corrected chi connectivity index (χ3v) is 8.49. The third-order valence-electron chi connectivity index (χ3n) is 6.54. The van der Waals surface area contributed by atoms with Crippen molar-refractivity contribution in [2.45, 2.75) is 30.4 Å². The van der Waals surface area contributed by atoms with Gasteiger partial charge in [-0.1, -0.05) is 18.2 Å². The average molecular weight is 487 g/mol. The molecular weight excluding hydrogens is 463 g/mol. The highest BCUT2D eigenvalue weighted by Gasteiger charge is 2.51. The lowest BCUT2D eigenvalue weighted by Crippen LogP contribution is -2.55. The number of benzene rings is 2. The molecule has 10 heteroatoms. The first-order valence-electron chi connectivity index (χ1n) is 11.0. The maximum absolute atomic E-state index is 13.7. The Morgan fingerprint density at radius 1 is 1.06 bits per heavy atom. The molecule has 178 valence electrons. The number of halogens is 1. The van der Waals surface area contributed by atoms with E-state index in [1.165, 1.54) is 34.3 Å². The van der Waals surface area contributed by atoms with E-state index < -0.39 is 33.1 Å². The normalized spacial score (nSPS) is 18.6. The molecule has 2 aliphatic rings. The van der Waals surface area contributed by atoms with Crippen molar-refractivity contribution in [3.05, 3.63) is 75.9 Å². The molecule has 0 unspecified atom stereocenters. The van der Waals surface area contributed by atoms with Crippen molar-refractivity contribution < 1.29 is 26.8 Å². The van der Waals surface area contributed by atoms with Gasteiger partial charge in [-0.15, -0.1) is 0 Å². The first kappa shape index (κ1) is 22.7. The molecule has 3 aromatic rings. The highest BCUT2D eigenvalue weighted by molar-refractivity contribution is 7.89. The summed E-state index contributed by atoms with van der Waals surface area (Å²) in [6, 6.07) is 12.2. The van der Waals surface area contributed by atoms with Crippen LogP contribution in [0.4, 0.5) is 4.39 Å². The number of para-hydroxylation sites is 1. The zero-order valence-corrected chi connectivity index (χ0v) is 19.3. The number of hydrogen-bond acceptors (Lipinski definition) is 6. The Hall–Kier alpha value is -3.08. The van der Waals surface area contributed by atoms with Gasteiger partial charge in [0.2, 0.25) is 10.0 Å². The van der Waals surface area contributed by atoms with Crippen molar-refractivity contribution in [3.8, 4) is 0 Å². The highest BCUT2D eigenvalue weighted by Crippen LogP contribution is 2.38. The largest absolute Gasteiger partial charge is 0.422 e. The monoisotopic (exact) mass is 486 g/mol. The van der Waals surface area contributed by atoms with Crippen molar-refractivity contribution in [1.29, 1.82) is 0 Å². The predicted octanol–water partition coefficient (Wildman–Crippen LogP) is 2.89. The molecule has 1 spiro atoms. The summed E-state index contributed by atoms with van der Waals surface area (Å²) in [5.41, 5.74) is -1.22. The number of carbonyl (C=O) groups is 1. The SMILES string of the molecule is Cc1cc(S(=O)(=O)N2CCOC23CCN(C(=O)c2cc4ccccc4oc2=O)CC3)ccc1F. The molecule has 0 bridgehead atoms. The van der Waals surface area contributed by atoms with E-state index in [9.17, 15) is 22.4 Å². The number of aryl methyl sites for hydroxylation is 1. The van der Waals surface area contributed by atoms with Crippen LogP contribution in [0, 0.1) is 12.7 Å². The van der Waals surface area contributed by atoms with E-state index >= 15 is 0 Å². The number of nitrogens with zero attached hydrogens (tertiary/aromatic N) is 2. The number of piperidine rings is 1. The van der Waals surface area contributed by atoms with Gasteiger partial charge >= 0.3 is 5.63 Å². The fourth-order valence-electron chi connectivity index (χ4n) is 4.67. The number of likely N-dealkylation sites (tertiary alicyclic amines) is 1. The van der Waals surface area contributed by atoms with Gasteiger partial charge in [0.1, 0.15) is 22.7 Å². The molecule has 1 aromatic heterocycles. The molecular formula is C24H23FN2O6S. The Morgan fingerprint density at radius 3 is 2.53 bits per heavy atom. The smallest absolute Gasteiger partial charge is 0.349 e. The van der Waals surface area contributed by atoms with Gasteiger partial charge in [0.05, 0.1) is 11.5 Å². The minimum absolute atomic E-state index is 0.00329. The first-order chi connectivity index (χ1) is 16.2. The average Bonchev–Trinajstić information content (AvgIpc) is 3.24. The lowest BCUT2D eigenvalue weighted by Gasteiger charge is -2.42. The van der Waals surface area contributed by atoms with Crippen LogP contribution < -0.4 is 5.63 Å². The highest BCUT2D eigenvalue weighted by atomic mass is 32.2. The second-order valence-corrected chi connectivity index (χ2v) is 10.4. The lowest BCUT2D eigenvalue weighted by molar-refractivity contribution is -0.0857. The van der Waals surface area contributed by atoms with Crippen LogP contribution in [-0.4, -0.2) is 55.5 Å². The first-order valence-corrected chi connectivity index (χ1v) is 12.4. The Morgan fingerprint density at radius 2 is 1.79 bits per heavy atom. The molecule has 2 aromatic carbocycles. The third kappa shape index (κ3) is 3.71. The zero-order valence-electron chi connectivity index (χ0n) is 18.5. The molecule has 34 heavy (non-hydrogen) atoms. The molecule has 0 saturated carbocycles. The maximum atomic E-state index is 13.7. The second-order valence-electron chi connectivity index (χ2n) is 8.56. The summed E-state index contributed by atoms with van der Waals surface area (Å²) in [6.07, 6.45) is 0.494. The molecule has 3 heterocycles. The number of sulfonamides is 1. The number of hydrogen-bond donors (Lipinski definition) is 0. The van der Waals surface area contributed by atoms with E-state index in [0.29, 0.717) is 11.0 Å². The van der Waals surface area contributed by atoms with Crippen LogP contribution in [0.2, 0.25) is 0 Å². The van der Waals surface area contributed by atoms with Gasteiger partial charge in [-0.3, -0.25) is 4.79 Å². The topological polar surface area (TPSA) is 97.1 Å². The van der Waals surface area contributed by atoms with Crippen LogP contribution in [0.5, 0.6) is 0 Å². The summed E-state index contributed by atoms with van der Waals surface area (Å²) in [6.45, 7) is 2.32. The fraction of sp³-hybridized carbons (Fsp3) is 0.333. The van der Waals surface area contributed by atoms with Crippen molar-refractivity contribution in [3.63, 3.8) is 0 Å². The van der Waals surface area contributed by atoms with Crippen LogP contribution in [0.3, 0.4) is 0 Å². The van der Waals surface area contributed by atoms with Gasteiger partial charge in [-0.05, 0) is 42.8 Å². The van der Waals surface area contributed by atoms with Crippen molar-refractivity contribution in [2.75, 3.05) is 26.2 Å². The van der Waals surface area contributed by atoms with Crippen molar-refractivity contribution in [2.24, 2.45) is 0 Å². The molecule has 2 fully saturated rings. The van der Waals surface area contributed by atoms with Crippen molar-refractivity contribution in [1.82, 2.24) is 9.21 Å². The van der Waals surface area contributed by atoms with Gasteiger partial charge < -0.3 is 14.1 Å². The number of rotatable bonds is 3. The molecule has 0 N–H and O–H groups in total. The molecule has 0 atom stereocenters. The second kappa shape index (κ2) is 8.30. The summed E-state index contributed by atoms with van der Waals surface area (Å²) in [7, 11) is -3.93. The molecule has 0 aliphatic carbocycles. The van der Waals surface area contributed by atoms with Gasteiger partial charge in [0, 0.05) is 37.9 Å². The van der Waals surface area contributed by atoms with E-state index in [4.69, 9.17) is 9.15 Å². The lowest BCUT2D eigenvalue weighted by atomic mass is 10.00. The summed E-state index contributed by atoms with van der Waals surface area (Å²) in [5, 5.41) is 0.643. The predicted molar refractivity (Wildman–Crippen MR) is 121 cm³/mol. The Balaban J connectivity index is 1.37. The van der Waals surface area contributed by atoms with Gasteiger partial charge in [-0.25, -0.2) is 17.6 Å². The molecule has 2 aliphatic heterocycles. The summed E-state index contributed by atoms with van der Waals surface area (Å²) in [5.74, 6) is -0.938. The van der Waals surface area contributed by atoms with Crippen LogP contribution >= 0.6 is 0 Å². The van der Waals surface area contributed by atoms with E-state index in [1.54, 1.807) is 24.3 Å². The summed E-state index contributed by atoms with van der Waals surface area (Å²) < 4.78 is 52.9. The van der Waals surface area contributed by atoms with Crippen LogP contribution in [-0.2, 0) is 14.8 Å². The van der Waals surface area contributed by atoms with E-state index in [1.807, 2.05) is 0 Å². The van der Waals surface area contributed by atoms with E-state index in [0.717, 1.165) is 6.07 Å². The zero-order chi connectivity index (χ0) is 24.1. The summed E-state index contributed by atoms with van der Waals surface area (Å²) >= 11 is 0. The molecule has 1 amide bonds. The minimum Gasteiger partial charge on any atom is -0.422 e. The van der Waals surface area contributed by atoms with Crippen LogP contribution in [0.15, 0.2) is 62.6 Å². The Labute approximate surface area is 195 Å². The Bertz CT molecular complexity index is 1440. The van der Waals surface area contributed by atoms with Crippen LogP contribution in [0.1, 0.15) is 28.8 Å². The number of carbonyl (C=O) groups excluding carboxylic acids is 1. The van der Waals surface area contributed by atoms with Gasteiger partial charge in [0.15, 0.2) is 0 Å². The number of fused-ring (bicyclic) bond motifs is 1. The fourth-order valence-corrected chi connectivity index (χ4v) is 6.48. The Kier molecular flexibility index (Phi) is 5.54. The maximum Gasteiger partial charge on any atom is 0.349 e. The summed E-state index contributed by atoms with van der Waals surface area (Å²) in [4.78, 5) is 27.0. The van der Waals surface area contributed by atoms with Crippen LogP contribution in [0.25, 0.3) is 11.0 Å². The van der Waals surface area contributed by atoms with Gasteiger partial charge in [0.25, 0.3) is 5.91 Å². The van der Waals surface area contributed by atoms with Gasteiger partial charge in [-0.2, -0.15) is 4.31 Å². The number of amides is 1. The van der Waals surface area contributed by atoms with Crippen molar-refractivity contribution >= 4 is 26.9 Å². The van der Waals surface area contributed by atoms with E-state index in [2.05, 4.69) is 0 Å². The molecule has 0 radical (unpaired) electrons. The quantitative estimate of drug-likeness (QED) is 0.528. The number of ether oxygens (including phenoxy) is 1. The standard InChI is InChI=1S/C24H23FN2O6S/c1-16-14-18(6-7-20(16)25)34(30,31)27-12-13-32-24(27)8-10-26(11-9-24)22(28)19-15-17-4-2-3-5-21(17)33-23(19)29/h2-7,14-15H,8-13H2,1H3. The molecule has 8 nitrogen and oxygen atoms in total.